The highest BCUT2D eigenvalue weighted by molar-refractivity contribution is 5.78. The van der Waals surface area contributed by atoms with Crippen LogP contribution in [0.1, 0.15) is 26.2 Å². The first-order valence-corrected chi connectivity index (χ1v) is 8.22. The van der Waals surface area contributed by atoms with Crippen molar-refractivity contribution in [1.29, 1.82) is 0 Å². The maximum Gasteiger partial charge on any atom is 0.234 e. The van der Waals surface area contributed by atoms with E-state index in [1.807, 2.05) is 10.8 Å². The monoisotopic (exact) mass is 307 g/mol. The van der Waals surface area contributed by atoms with Crippen molar-refractivity contribution in [3.05, 3.63) is 18.7 Å². The van der Waals surface area contributed by atoms with Gasteiger partial charge in [0.05, 0.1) is 12.9 Å². The number of amides is 1. The number of imidazole rings is 1. The minimum Gasteiger partial charge on any atom is -0.350 e. The molecule has 2 rings (SSSR count). The molecule has 1 aromatic heterocycles. The summed E-state index contributed by atoms with van der Waals surface area (Å²) in [7, 11) is 4.22. The van der Waals surface area contributed by atoms with E-state index in [4.69, 9.17) is 0 Å². The van der Waals surface area contributed by atoms with Gasteiger partial charge >= 0.3 is 0 Å². The summed E-state index contributed by atoms with van der Waals surface area (Å²) in [5.41, 5.74) is 0. The fraction of sp³-hybridized carbons (Fsp3) is 0.750. The number of aromatic nitrogens is 2. The summed E-state index contributed by atoms with van der Waals surface area (Å²) in [5, 5.41) is 3.14. The number of hydrogen-bond acceptors (Lipinski definition) is 4. The maximum atomic E-state index is 12.3. The van der Waals surface area contributed by atoms with Gasteiger partial charge in [-0.25, -0.2) is 4.98 Å². The SMILES string of the molecule is CC[C@@H](Cn1ccnc1)NC(=O)CN(C)C1CCN(C)CC1. The molecule has 6 heteroatoms. The molecule has 6 nitrogen and oxygen atoms in total. The molecule has 0 aliphatic carbocycles. The summed E-state index contributed by atoms with van der Waals surface area (Å²) in [6.45, 7) is 5.60. The topological polar surface area (TPSA) is 53.4 Å². The summed E-state index contributed by atoms with van der Waals surface area (Å²) < 4.78 is 2.01. The van der Waals surface area contributed by atoms with Crippen molar-refractivity contribution in [3.8, 4) is 0 Å². The molecule has 0 bridgehead atoms. The lowest BCUT2D eigenvalue weighted by atomic mass is 10.0. The van der Waals surface area contributed by atoms with E-state index in [9.17, 15) is 4.79 Å². The minimum absolute atomic E-state index is 0.119. The Hall–Kier alpha value is -1.40. The van der Waals surface area contributed by atoms with Crippen LogP contribution in [-0.2, 0) is 11.3 Å². The Labute approximate surface area is 133 Å². The molecule has 0 aromatic carbocycles. The van der Waals surface area contributed by atoms with Crippen LogP contribution >= 0.6 is 0 Å². The molecule has 0 saturated carbocycles. The normalized spacial score (nSPS) is 18.5. The Balaban J connectivity index is 1.75. The standard InChI is InChI=1S/C16H29N5O/c1-4-14(11-21-10-7-17-13-21)18-16(22)12-20(3)15-5-8-19(2)9-6-15/h7,10,13-15H,4-6,8-9,11-12H2,1-3H3,(H,18,22)/t14-/m0/s1. The molecule has 0 radical (unpaired) electrons. The number of likely N-dealkylation sites (N-methyl/N-ethyl adjacent to an activating group) is 1. The largest absolute Gasteiger partial charge is 0.350 e. The van der Waals surface area contributed by atoms with Gasteiger partial charge in [-0.05, 0) is 46.4 Å². The second-order valence-electron chi connectivity index (χ2n) is 6.38. The average Bonchev–Trinajstić information content (AvgIpc) is 3.00. The van der Waals surface area contributed by atoms with Crippen molar-refractivity contribution in [3.63, 3.8) is 0 Å². The third-order valence-corrected chi connectivity index (χ3v) is 4.55. The Morgan fingerprint density at radius 2 is 2.18 bits per heavy atom. The zero-order chi connectivity index (χ0) is 15.9. The molecular formula is C16H29N5O. The molecule has 1 atom stereocenters. The number of hydrogen-bond donors (Lipinski definition) is 1. The van der Waals surface area contributed by atoms with Gasteiger partial charge in [-0.15, -0.1) is 0 Å². The first-order chi connectivity index (χ1) is 10.6. The number of nitrogens with zero attached hydrogens (tertiary/aromatic N) is 4. The van der Waals surface area contributed by atoms with Crippen LogP contribution in [0.4, 0.5) is 0 Å². The lowest BCUT2D eigenvalue weighted by molar-refractivity contribution is -0.123. The average molecular weight is 307 g/mol. The van der Waals surface area contributed by atoms with Crippen LogP contribution in [0.3, 0.4) is 0 Å². The Bertz CT molecular complexity index is 439. The fourth-order valence-corrected chi connectivity index (χ4v) is 2.99. The van der Waals surface area contributed by atoms with Gasteiger partial charge < -0.3 is 14.8 Å². The quantitative estimate of drug-likeness (QED) is 0.810. The fourth-order valence-electron chi connectivity index (χ4n) is 2.99. The van der Waals surface area contributed by atoms with E-state index in [1.54, 1.807) is 12.5 Å². The lowest BCUT2D eigenvalue weighted by Crippen LogP contribution is -2.47. The van der Waals surface area contributed by atoms with Crippen molar-refractivity contribution < 1.29 is 4.79 Å². The van der Waals surface area contributed by atoms with Crippen LogP contribution in [0, 0.1) is 0 Å². The van der Waals surface area contributed by atoms with E-state index in [0.717, 1.165) is 38.9 Å². The molecule has 1 aliphatic rings. The first-order valence-electron chi connectivity index (χ1n) is 8.22. The van der Waals surface area contributed by atoms with Crippen molar-refractivity contribution in [2.75, 3.05) is 33.7 Å². The summed E-state index contributed by atoms with van der Waals surface area (Å²) in [5.74, 6) is 0.119. The number of piperidine rings is 1. The minimum atomic E-state index is 0.119. The van der Waals surface area contributed by atoms with Crippen molar-refractivity contribution in [2.24, 2.45) is 0 Å². The molecule has 0 spiro atoms. The summed E-state index contributed by atoms with van der Waals surface area (Å²) in [6.07, 6.45) is 8.70. The van der Waals surface area contributed by atoms with E-state index in [1.165, 1.54) is 0 Å². The van der Waals surface area contributed by atoms with E-state index in [2.05, 4.69) is 41.1 Å². The van der Waals surface area contributed by atoms with Gasteiger partial charge in [-0.3, -0.25) is 9.69 Å². The zero-order valence-electron chi connectivity index (χ0n) is 14.0. The molecule has 1 aliphatic heterocycles. The predicted molar refractivity (Wildman–Crippen MR) is 87.6 cm³/mol. The summed E-state index contributed by atoms with van der Waals surface area (Å²) >= 11 is 0. The second-order valence-corrected chi connectivity index (χ2v) is 6.38. The number of rotatable bonds is 7. The number of carbonyl (C=O) groups excluding carboxylic acids is 1. The van der Waals surface area contributed by atoms with Gasteiger partial charge in [-0.1, -0.05) is 6.92 Å². The highest BCUT2D eigenvalue weighted by Crippen LogP contribution is 2.13. The third kappa shape index (κ3) is 5.10. The third-order valence-electron chi connectivity index (χ3n) is 4.55. The molecule has 2 heterocycles. The number of carbonyl (C=O) groups is 1. The van der Waals surface area contributed by atoms with Gasteiger partial charge in [0.25, 0.3) is 0 Å². The van der Waals surface area contributed by atoms with Gasteiger partial charge in [0.1, 0.15) is 0 Å². The highest BCUT2D eigenvalue weighted by atomic mass is 16.2. The molecule has 1 N–H and O–H groups in total. The zero-order valence-corrected chi connectivity index (χ0v) is 14.0. The Morgan fingerprint density at radius 3 is 2.77 bits per heavy atom. The highest BCUT2D eigenvalue weighted by Gasteiger charge is 2.22. The maximum absolute atomic E-state index is 12.3. The molecular weight excluding hydrogens is 278 g/mol. The predicted octanol–water partition coefficient (Wildman–Crippen LogP) is 0.804. The van der Waals surface area contributed by atoms with Crippen molar-refractivity contribution in [2.45, 2.75) is 44.8 Å². The van der Waals surface area contributed by atoms with Crippen LogP contribution in [-0.4, -0.2) is 71.1 Å². The van der Waals surface area contributed by atoms with E-state index < -0.39 is 0 Å². The Morgan fingerprint density at radius 1 is 1.45 bits per heavy atom. The van der Waals surface area contributed by atoms with Gasteiger partial charge in [-0.2, -0.15) is 0 Å². The van der Waals surface area contributed by atoms with E-state index >= 15 is 0 Å². The lowest BCUT2D eigenvalue weighted by Gasteiger charge is -2.35. The van der Waals surface area contributed by atoms with Crippen LogP contribution in [0.25, 0.3) is 0 Å². The van der Waals surface area contributed by atoms with Crippen molar-refractivity contribution in [1.82, 2.24) is 24.7 Å². The molecule has 1 fully saturated rings. The molecule has 1 amide bonds. The van der Waals surface area contributed by atoms with Gasteiger partial charge in [0.2, 0.25) is 5.91 Å². The van der Waals surface area contributed by atoms with Crippen LogP contribution in [0.15, 0.2) is 18.7 Å². The van der Waals surface area contributed by atoms with Crippen molar-refractivity contribution >= 4 is 5.91 Å². The first kappa shape index (κ1) is 17.0. The molecule has 124 valence electrons. The van der Waals surface area contributed by atoms with Crippen LogP contribution in [0.2, 0.25) is 0 Å². The molecule has 1 saturated heterocycles. The van der Waals surface area contributed by atoms with Crippen LogP contribution < -0.4 is 5.32 Å². The van der Waals surface area contributed by atoms with Crippen LogP contribution in [0.5, 0.6) is 0 Å². The number of likely N-dealkylation sites (tertiary alicyclic amines) is 1. The second kappa shape index (κ2) is 8.29. The van der Waals surface area contributed by atoms with E-state index in [-0.39, 0.29) is 11.9 Å². The molecule has 22 heavy (non-hydrogen) atoms. The smallest absolute Gasteiger partial charge is 0.234 e. The molecule has 1 aromatic rings. The summed E-state index contributed by atoms with van der Waals surface area (Å²) in [4.78, 5) is 20.9. The van der Waals surface area contributed by atoms with Gasteiger partial charge in [0.15, 0.2) is 0 Å². The molecule has 0 unspecified atom stereocenters. The van der Waals surface area contributed by atoms with Gasteiger partial charge in [0, 0.05) is 31.0 Å². The summed E-state index contributed by atoms with van der Waals surface area (Å²) in [6, 6.07) is 0.684. The van der Waals surface area contributed by atoms with E-state index in [0.29, 0.717) is 12.6 Å². The Kier molecular flexibility index (Phi) is 6.39. The number of nitrogens with one attached hydrogen (secondary N) is 1.